The summed E-state index contributed by atoms with van der Waals surface area (Å²) in [5.41, 5.74) is -0.0373. The van der Waals surface area contributed by atoms with Crippen LogP contribution >= 0.6 is 0 Å². The molecule has 0 aliphatic carbocycles. The maximum absolute atomic E-state index is 13.4. The zero-order valence-electron chi connectivity index (χ0n) is 15.9. The second-order valence-corrected chi connectivity index (χ2v) is 6.26. The normalized spacial score (nSPS) is 12.5. The van der Waals surface area contributed by atoms with Crippen LogP contribution in [0.3, 0.4) is 0 Å². The zero-order chi connectivity index (χ0) is 22.3. The van der Waals surface area contributed by atoms with E-state index in [1.54, 1.807) is 6.92 Å². The lowest BCUT2D eigenvalue weighted by Crippen LogP contribution is -2.45. The number of amides is 1. The zero-order valence-corrected chi connectivity index (χ0v) is 15.9. The van der Waals surface area contributed by atoms with E-state index in [1.807, 2.05) is 0 Å². The first-order valence-corrected chi connectivity index (χ1v) is 8.92. The van der Waals surface area contributed by atoms with Crippen LogP contribution in [-0.4, -0.2) is 40.5 Å². The quantitative estimate of drug-likeness (QED) is 0.363. The fourth-order valence-corrected chi connectivity index (χ4v) is 2.86. The number of hydrogen-bond donors (Lipinski definition) is 2. The molecular formula is C20H19FN2O7. The standard InChI is InChI=1S/C20H19FN2O7/c1-2-30-17(24)11-16(12-6-8-15(9-7-12)23(28)29)18(20(26)27)22-19(25)13-4-3-5-14(21)10-13/h3-10,16,18H,2,11H2,1H3,(H,22,25)(H,26,27)/t16-,18+/m1/s1. The lowest BCUT2D eigenvalue weighted by atomic mass is 9.88. The molecule has 0 saturated heterocycles. The van der Waals surface area contributed by atoms with Crippen LogP contribution in [0.15, 0.2) is 48.5 Å². The molecule has 0 fully saturated rings. The molecule has 30 heavy (non-hydrogen) atoms. The number of carboxylic acids is 1. The topological polar surface area (TPSA) is 136 Å². The number of benzene rings is 2. The Kier molecular flexibility index (Phi) is 7.56. The van der Waals surface area contributed by atoms with E-state index in [9.17, 15) is 34.0 Å². The Hall–Kier alpha value is -3.82. The van der Waals surface area contributed by atoms with E-state index in [0.29, 0.717) is 0 Å². The Labute approximate surface area is 170 Å². The van der Waals surface area contributed by atoms with Gasteiger partial charge in [-0.3, -0.25) is 19.7 Å². The number of non-ortho nitro benzene ring substituents is 1. The van der Waals surface area contributed by atoms with Crippen LogP contribution in [0.2, 0.25) is 0 Å². The Morgan fingerprint density at radius 3 is 2.40 bits per heavy atom. The summed E-state index contributed by atoms with van der Waals surface area (Å²) in [4.78, 5) is 46.7. The molecule has 158 valence electrons. The molecule has 0 unspecified atom stereocenters. The van der Waals surface area contributed by atoms with E-state index in [2.05, 4.69) is 5.32 Å². The van der Waals surface area contributed by atoms with Gasteiger partial charge in [-0.25, -0.2) is 9.18 Å². The van der Waals surface area contributed by atoms with Gasteiger partial charge in [0.05, 0.1) is 18.0 Å². The molecule has 0 radical (unpaired) electrons. The predicted octanol–water partition coefficient (Wildman–Crippen LogP) is 2.65. The highest BCUT2D eigenvalue weighted by Gasteiger charge is 2.33. The van der Waals surface area contributed by atoms with Gasteiger partial charge < -0.3 is 15.2 Å². The summed E-state index contributed by atoms with van der Waals surface area (Å²) >= 11 is 0. The Balaban J connectivity index is 2.38. The number of nitrogens with one attached hydrogen (secondary N) is 1. The maximum Gasteiger partial charge on any atom is 0.326 e. The van der Waals surface area contributed by atoms with Gasteiger partial charge in [-0.15, -0.1) is 0 Å². The summed E-state index contributed by atoms with van der Waals surface area (Å²) in [6.45, 7) is 1.65. The third kappa shape index (κ3) is 5.84. The van der Waals surface area contributed by atoms with Crippen molar-refractivity contribution in [1.29, 1.82) is 0 Å². The van der Waals surface area contributed by atoms with E-state index in [-0.39, 0.29) is 23.4 Å². The molecule has 2 rings (SSSR count). The van der Waals surface area contributed by atoms with Gasteiger partial charge in [0.15, 0.2) is 0 Å². The number of halogens is 1. The summed E-state index contributed by atoms with van der Waals surface area (Å²) < 4.78 is 18.3. The third-order valence-electron chi connectivity index (χ3n) is 4.27. The van der Waals surface area contributed by atoms with E-state index in [0.717, 1.165) is 12.1 Å². The minimum Gasteiger partial charge on any atom is -0.480 e. The number of aliphatic carboxylic acids is 1. The molecule has 10 heteroatoms. The number of nitrogens with zero attached hydrogens (tertiary/aromatic N) is 1. The van der Waals surface area contributed by atoms with Gasteiger partial charge in [0.2, 0.25) is 0 Å². The number of esters is 1. The van der Waals surface area contributed by atoms with Gasteiger partial charge >= 0.3 is 11.9 Å². The number of rotatable bonds is 9. The predicted molar refractivity (Wildman–Crippen MR) is 102 cm³/mol. The van der Waals surface area contributed by atoms with E-state index in [4.69, 9.17) is 4.74 Å². The lowest BCUT2D eigenvalue weighted by molar-refractivity contribution is -0.384. The molecule has 0 aromatic heterocycles. The van der Waals surface area contributed by atoms with Gasteiger partial charge in [-0.05, 0) is 30.7 Å². The Morgan fingerprint density at radius 1 is 1.20 bits per heavy atom. The Morgan fingerprint density at radius 2 is 1.87 bits per heavy atom. The summed E-state index contributed by atoms with van der Waals surface area (Å²) in [6.07, 6.45) is -0.397. The number of carbonyl (C=O) groups excluding carboxylic acids is 2. The molecule has 0 aliphatic heterocycles. The molecule has 2 N–H and O–H groups in total. The molecule has 0 spiro atoms. The van der Waals surface area contributed by atoms with Crippen molar-refractivity contribution in [1.82, 2.24) is 5.32 Å². The number of carbonyl (C=O) groups is 3. The first-order chi connectivity index (χ1) is 14.2. The molecule has 0 bridgehead atoms. The van der Waals surface area contributed by atoms with Crippen LogP contribution in [-0.2, 0) is 14.3 Å². The minimum absolute atomic E-state index is 0.0687. The van der Waals surface area contributed by atoms with Crippen molar-refractivity contribution in [3.8, 4) is 0 Å². The first kappa shape index (κ1) is 22.5. The number of hydrogen-bond acceptors (Lipinski definition) is 6. The highest BCUT2D eigenvalue weighted by molar-refractivity contribution is 5.97. The monoisotopic (exact) mass is 418 g/mol. The van der Waals surface area contributed by atoms with Gasteiger partial charge in [0, 0.05) is 23.6 Å². The number of nitro groups is 1. The van der Waals surface area contributed by atoms with Gasteiger partial charge in [-0.2, -0.15) is 0 Å². The molecule has 2 aromatic rings. The van der Waals surface area contributed by atoms with Crippen LogP contribution in [0.5, 0.6) is 0 Å². The van der Waals surface area contributed by atoms with Crippen molar-refractivity contribution in [2.45, 2.75) is 25.3 Å². The van der Waals surface area contributed by atoms with E-state index < -0.39 is 47.0 Å². The van der Waals surface area contributed by atoms with Crippen molar-refractivity contribution in [3.05, 3.63) is 75.6 Å². The van der Waals surface area contributed by atoms with Crippen LogP contribution < -0.4 is 5.32 Å². The number of ether oxygens (including phenoxy) is 1. The van der Waals surface area contributed by atoms with Gasteiger partial charge in [0.1, 0.15) is 11.9 Å². The minimum atomic E-state index is -1.58. The van der Waals surface area contributed by atoms with Crippen molar-refractivity contribution in [3.63, 3.8) is 0 Å². The van der Waals surface area contributed by atoms with Gasteiger partial charge in [-0.1, -0.05) is 18.2 Å². The summed E-state index contributed by atoms with van der Waals surface area (Å²) in [5.74, 6) is -4.75. The smallest absolute Gasteiger partial charge is 0.326 e. The number of nitro benzene ring substituents is 1. The molecule has 0 heterocycles. The number of carboxylic acid groups (broad SMARTS) is 1. The van der Waals surface area contributed by atoms with E-state index >= 15 is 0 Å². The summed E-state index contributed by atoms with van der Waals surface area (Å²) in [5, 5.41) is 22.9. The lowest BCUT2D eigenvalue weighted by Gasteiger charge is -2.25. The van der Waals surface area contributed by atoms with Crippen LogP contribution in [0.25, 0.3) is 0 Å². The van der Waals surface area contributed by atoms with Crippen molar-refractivity contribution in [2.75, 3.05) is 6.61 Å². The largest absolute Gasteiger partial charge is 0.480 e. The third-order valence-corrected chi connectivity index (χ3v) is 4.27. The second-order valence-electron chi connectivity index (χ2n) is 6.26. The van der Waals surface area contributed by atoms with Crippen molar-refractivity contribution >= 4 is 23.5 Å². The molecule has 0 saturated carbocycles. The highest BCUT2D eigenvalue weighted by Crippen LogP contribution is 2.27. The summed E-state index contributed by atoms with van der Waals surface area (Å²) in [6, 6.07) is 8.06. The fraction of sp³-hybridized carbons (Fsp3) is 0.250. The van der Waals surface area contributed by atoms with Crippen LogP contribution in [0.1, 0.15) is 35.2 Å². The first-order valence-electron chi connectivity index (χ1n) is 8.92. The van der Waals surface area contributed by atoms with Crippen molar-refractivity contribution in [2.24, 2.45) is 0 Å². The molecule has 2 atom stereocenters. The summed E-state index contributed by atoms with van der Waals surface area (Å²) in [7, 11) is 0. The van der Waals surface area contributed by atoms with Crippen LogP contribution in [0, 0.1) is 15.9 Å². The van der Waals surface area contributed by atoms with E-state index in [1.165, 1.54) is 36.4 Å². The van der Waals surface area contributed by atoms with Crippen molar-refractivity contribution < 1.29 is 33.5 Å². The molecule has 0 aliphatic rings. The maximum atomic E-state index is 13.4. The second kappa shape index (κ2) is 10.1. The molecule has 1 amide bonds. The highest BCUT2D eigenvalue weighted by atomic mass is 19.1. The molecular weight excluding hydrogens is 399 g/mol. The molecule has 9 nitrogen and oxygen atoms in total. The Bertz CT molecular complexity index is 946. The van der Waals surface area contributed by atoms with Gasteiger partial charge in [0.25, 0.3) is 11.6 Å². The average molecular weight is 418 g/mol. The SMILES string of the molecule is CCOC(=O)C[C@H](c1ccc([N+](=O)[O-])cc1)[C@H](NC(=O)c1cccc(F)c1)C(=O)O. The van der Waals surface area contributed by atoms with Crippen LogP contribution in [0.4, 0.5) is 10.1 Å². The molecule has 2 aromatic carbocycles. The fourth-order valence-electron chi connectivity index (χ4n) is 2.86. The average Bonchev–Trinajstić information content (AvgIpc) is 2.70.